The standard InChI is InChI=1S/C9H11ClN2O3S/c10-4-7(13)5-11-8-2-1-6(12(14)15)3-9(8)16/h1-3,7,11,13,16H,4-5H2. The van der Waals surface area contributed by atoms with Crippen LogP contribution < -0.4 is 5.32 Å². The summed E-state index contributed by atoms with van der Waals surface area (Å²) >= 11 is 9.54. The third-order valence-corrected chi connectivity index (χ3v) is 2.62. The van der Waals surface area contributed by atoms with Gasteiger partial charge in [0.25, 0.3) is 5.69 Å². The molecule has 0 bridgehead atoms. The SMILES string of the molecule is O=[N+]([O-])c1ccc(NCC(O)CCl)c(S)c1. The number of hydrogen-bond donors (Lipinski definition) is 3. The molecule has 2 N–H and O–H groups in total. The Hall–Kier alpha value is -0.980. The molecule has 0 aromatic heterocycles. The fourth-order valence-corrected chi connectivity index (χ4v) is 1.46. The number of hydrogen-bond acceptors (Lipinski definition) is 5. The van der Waals surface area contributed by atoms with Gasteiger partial charge in [0.2, 0.25) is 0 Å². The zero-order valence-corrected chi connectivity index (χ0v) is 9.91. The van der Waals surface area contributed by atoms with Gasteiger partial charge in [-0.25, -0.2) is 0 Å². The predicted octanol–water partition coefficient (Wildman–Crippen LogP) is 1.90. The third kappa shape index (κ3) is 3.55. The molecule has 0 heterocycles. The van der Waals surface area contributed by atoms with Crippen LogP contribution in [-0.4, -0.2) is 28.6 Å². The number of non-ortho nitro benzene ring substituents is 1. The summed E-state index contributed by atoms with van der Waals surface area (Å²) in [5, 5.41) is 22.6. The Labute approximate surface area is 103 Å². The van der Waals surface area contributed by atoms with E-state index >= 15 is 0 Å². The van der Waals surface area contributed by atoms with Crippen LogP contribution in [0.1, 0.15) is 0 Å². The van der Waals surface area contributed by atoms with Crippen molar-refractivity contribution in [3.8, 4) is 0 Å². The molecule has 1 rings (SSSR count). The second-order valence-corrected chi connectivity index (χ2v) is 3.94. The number of alkyl halides is 1. The molecule has 0 aliphatic carbocycles. The number of nitro benzene ring substituents is 1. The van der Waals surface area contributed by atoms with Crippen molar-refractivity contribution in [2.24, 2.45) is 0 Å². The minimum Gasteiger partial charge on any atom is -0.390 e. The normalized spacial score (nSPS) is 12.2. The van der Waals surface area contributed by atoms with Gasteiger partial charge in [0.1, 0.15) is 0 Å². The Balaban J connectivity index is 2.72. The second kappa shape index (κ2) is 5.93. The highest BCUT2D eigenvalue weighted by molar-refractivity contribution is 7.80. The maximum Gasteiger partial charge on any atom is 0.270 e. The summed E-state index contributed by atoms with van der Waals surface area (Å²) in [5.74, 6) is 0.127. The van der Waals surface area contributed by atoms with E-state index in [9.17, 15) is 15.2 Å². The van der Waals surface area contributed by atoms with Crippen LogP contribution in [0.25, 0.3) is 0 Å². The first-order chi connectivity index (χ1) is 7.54. The number of aliphatic hydroxyl groups excluding tert-OH is 1. The number of nitrogens with zero attached hydrogens (tertiary/aromatic N) is 1. The summed E-state index contributed by atoms with van der Waals surface area (Å²) in [4.78, 5) is 10.4. The van der Waals surface area contributed by atoms with Gasteiger partial charge >= 0.3 is 0 Å². The molecule has 16 heavy (non-hydrogen) atoms. The topological polar surface area (TPSA) is 75.4 Å². The van der Waals surface area contributed by atoms with Crippen LogP contribution in [0.2, 0.25) is 0 Å². The molecule has 5 nitrogen and oxygen atoms in total. The molecule has 0 saturated carbocycles. The van der Waals surface area contributed by atoms with Gasteiger partial charge in [-0.1, -0.05) is 0 Å². The van der Waals surface area contributed by atoms with Crippen LogP contribution >= 0.6 is 24.2 Å². The van der Waals surface area contributed by atoms with Crippen LogP contribution in [-0.2, 0) is 0 Å². The molecule has 0 saturated heterocycles. The van der Waals surface area contributed by atoms with Crippen LogP contribution in [0.3, 0.4) is 0 Å². The largest absolute Gasteiger partial charge is 0.390 e. The van der Waals surface area contributed by atoms with Crippen LogP contribution in [0.15, 0.2) is 23.1 Å². The maximum atomic E-state index is 10.5. The number of nitro groups is 1. The average molecular weight is 263 g/mol. The Morgan fingerprint density at radius 3 is 2.81 bits per heavy atom. The molecule has 0 fully saturated rings. The van der Waals surface area contributed by atoms with Crippen molar-refractivity contribution in [3.63, 3.8) is 0 Å². The fraction of sp³-hybridized carbons (Fsp3) is 0.333. The molecule has 0 radical (unpaired) electrons. The molecule has 0 aliphatic rings. The van der Waals surface area contributed by atoms with E-state index in [1.807, 2.05) is 0 Å². The number of aliphatic hydroxyl groups is 1. The van der Waals surface area contributed by atoms with Gasteiger partial charge in [0.15, 0.2) is 0 Å². The highest BCUT2D eigenvalue weighted by Crippen LogP contribution is 2.24. The van der Waals surface area contributed by atoms with Crippen molar-refractivity contribution < 1.29 is 10.0 Å². The molecule has 7 heteroatoms. The monoisotopic (exact) mass is 262 g/mol. The van der Waals surface area contributed by atoms with E-state index in [1.165, 1.54) is 12.1 Å². The van der Waals surface area contributed by atoms with Crippen LogP contribution in [0.5, 0.6) is 0 Å². The Bertz CT molecular complexity index is 389. The number of nitrogens with one attached hydrogen (secondary N) is 1. The number of benzene rings is 1. The summed E-state index contributed by atoms with van der Waals surface area (Å²) in [7, 11) is 0. The lowest BCUT2D eigenvalue weighted by Gasteiger charge is -2.11. The van der Waals surface area contributed by atoms with Crippen molar-refractivity contribution in [3.05, 3.63) is 28.3 Å². The van der Waals surface area contributed by atoms with Gasteiger partial charge < -0.3 is 10.4 Å². The van der Waals surface area contributed by atoms with E-state index in [2.05, 4.69) is 17.9 Å². The van der Waals surface area contributed by atoms with Crippen molar-refractivity contribution >= 4 is 35.6 Å². The molecular weight excluding hydrogens is 252 g/mol. The quantitative estimate of drug-likeness (QED) is 0.328. The summed E-state index contributed by atoms with van der Waals surface area (Å²) in [6, 6.07) is 4.26. The van der Waals surface area contributed by atoms with Gasteiger partial charge in [0.05, 0.1) is 16.9 Å². The van der Waals surface area contributed by atoms with Gasteiger partial charge in [-0.15, -0.1) is 24.2 Å². The first-order valence-electron chi connectivity index (χ1n) is 4.50. The van der Waals surface area contributed by atoms with Gasteiger partial charge in [0, 0.05) is 29.3 Å². The number of halogens is 1. The van der Waals surface area contributed by atoms with E-state index in [0.717, 1.165) is 0 Å². The Morgan fingerprint density at radius 1 is 1.62 bits per heavy atom. The van der Waals surface area contributed by atoms with E-state index in [0.29, 0.717) is 10.6 Å². The fourth-order valence-electron chi connectivity index (χ4n) is 1.07. The van der Waals surface area contributed by atoms with Gasteiger partial charge in [-0.3, -0.25) is 10.1 Å². The zero-order valence-electron chi connectivity index (χ0n) is 8.26. The average Bonchev–Trinajstić information content (AvgIpc) is 2.26. The number of anilines is 1. The molecule has 1 aromatic carbocycles. The summed E-state index contributed by atoms with van der Waals surface area (Å²) < 4.78 is 0. The van der Waals surface area contributed by atoms with Crippen molar-refractivity contribution in [2.75, 3.05) is 17.7 Å². The maximum absolute atomic E-state index is 10.5. The molecule has 0 aliphatic heterocycles. The number of rotatable bonds is 5. The van der Waals surface area contributed by atoms with Crippen molar-refractivity contribution in [1.29, 1.82) is 0 Å². The lowest BCUT2D eigenvalue weighted by Crippen LogP contribution is -2.20. The number of thiol groups is 1. The molecular formula is C9H11ClN2O3S. The van der Waals surface area contributed by atoms with Gasteiger partial charge in [-0.2, -0.15) is 0 Å². The van der Waals surface area contributed by atoms with E-state index in [4.69, 9.17) is 11.6 Å². The zero-order chi connectivity index (χ0) is 12.1. The summed E-state index contributed by atoms with van der Waals surface area (Å²) in [6.07, 6.45) is -0.662. The Morgan fingerprint density at radius 2 is 2.31 bits per heavy atom. The summed E-state index contributed by atoms with van der Waals surface area (Å²) in [6.45, 7) is 0.273. The lowest BCUT2D eigenvalue weighted by atomic mass is 10.2. The predicted molar refractivity (Wildman–Crippen MR) is 65.6 cm³/mol. The van der Waals surface area contributed by atoms with Gasteiger partial charge in [-0.05, 0) is 6.07 Å². The van der Waals surface area contributed by atoms with E-state index in [1.54, 1.807) is 6.07 Å². The minimum atomic E-state index is -0.662. The lowest BCUT2D eigenvalue weighted by molar-refractivity contribution is -0.385. The van der Waals surface area contributed by atoms with E-state index in [-0.39, 0.29) is 18.1 Å². The van der Waals surface area contributed by atoms with Crippen LogP contribution in [0.4, 0.5) is 11.4 Å². The Kier molecular flexibility index (Phi) is 4.85. The first-order valence-corrected chi connectivity index (χ1v) is 5.48. The molecule has 1 unspecified atom stereocenters. The highest BCUT2D eigenvalue weighted by atomic mass is 35.5. The highest BCUT2D eigenvalue weighted by Gasteiger charge is 2.09. The van der Waals surface area contributed by atoms with Crippen LogP contribution in [0, 0.1) is 10.1 Å². The van der Waals surface area contributed by atoms with Crippen molar-refractivity contribution in [1.82, 2.24) is 0 Å². The molecule has 1 atom stereocenters. The summed E-state index contributed by atoms with van der Waals surface area (Å²) in [5.41, 5.74) is 0.603. The third-order valence-electron chi connectivity index (χ3n) is 1.90. The molecule has 88 valence electrons. The second-order valence-electron chi connectivity index (χ2n) is 3.15. The van der Waals surface area contributed by atoms with E-state index < -0.39 is 11.0 Å². The minimum absolute atomic E-state index is 0.0200. The smallest absolute Gasteiger partial charge is 0.270 e. The molecule has 1 aromatic rings. The first kappa shape index (κ1) is 13.1. The van der Waals surface area contributed by atoms with Crippen molar-refractivity contribution in [2.45, 2.75) is 11.0 Å². The molecule has 0 amide bonds. The molecule has 0 spiro atoms.